The summed E-state index contributed by atoms with van der Waals surface area (Å²) in [7, 11) is 1.51. The quantitative estimate of drug-likeness (QED) is 0.254. The first-order chi connectivity index (χ1) is 15.1. The van der Waals surface area contributed by atoms with Crippen LogP contribution in [0.1, 0.15) is 5.56 Å². The molecule has 160 valence electrons. The van der Waals surface area contributed by atoms with Gasteiger partial charge in [-0.1, -0.05) is 58.7 Å². The number of nitrogens with zero attached hydrogens (tertiary/aromatic N) is 1. The van der Waals surface area contributed by atoms with Gasteiger partial charge in [-0.3, -0.25) is 0 Å². The van der Waals surface area contributed by atoms with Gasteiger partial charge in [0.25, 0.3) is 0 Å². The molecule has 0 heterocycles. The van der Waals surface area contributed by atoms with Crippen molar-refractivity contribution in [3.63, 3.8) is 0 Å². The van der Waals surface area contributed by atoms with Gasteiger partial charge in [0.1, 0.15) is 53.5 Å². The SMILES string of the molecule is CON=C(COc1ccc(Oc2ccc(OCC=C(Cl)Cl)cc2)cc1)c1ccccc1. The van der Waals surface area contributed by atoms with E-state index in [1.807, 2.05) is 78.9 Å². The molecule has 0 saturated heterocycles. The topological polar surface area (TPSA) is 49.3 Å². The number of benzene rings is 3. The summed E-state index contributed by atoms with van der Waals surface area (Å²) in [6.45, 7) is 0.578. The van der Waals surface area contributed by atoms with Crippen molar-refractivity contribution in [2.75, 3.05) is 20.3 Å². The van der Waals surface area contributed by atoms with Crippen molar-refractivity contribution in [3.8, 4) is 23.0 Å². The van der Waals surface area contributed by atoms with Gasteiger partial charge in [0.05, 0.1) is 0 Å². The first-order valence-corrected chi connectivity index (χ1v) is 10.2. The number of hydrogen-bond donors (Lipinski definition) is 0. The summed E-state index contributed by atoms with van der Waals surface area (Å²) < 4.78 is 17.4. The molecule has 3 aromatic carbocycles. The van der Waals surface area contributed by atoms with Crippen LogP contribution in [0.4, 0.5) is 0 Å². The van der Waals surface area contributed by atoms with E-state index in [4.69, 9.17) is 42.3 Å². The Morgan fingerprint density at radius 3 is 1.87 bits per heavy atom. The maximum Gasteiger partial charge on any atom is 0.134 e. The molecule has 3 rings (SSSR count). The lowest BCUT2D eigenvalue weighted by Gasteiger charge is -2.10. The minimum absolute atomic E-state index is 0.176. The van der Waals surface area contributed by atoms with Gasteiger partial charge in [0.2, 0.25) is 0 Å². The van der Waals surface area contributed by atoms with Gasteiger partial charge in [0.15, 0.2) is 0 Å². The molecule has 0 amide bonds. The molecular weight excluding hydrogens is 437 g/mol. The van der Waals surface area contributed by atoms with Crippen molar-refractivity contribution in [3.05, 3.63) is 95.0 Å². The molecule has 0 atom stereocenters. The zero-order chi connectivity index (χ0) is 21.9. The predicted octanol–water partition coefficient (Wildman–Crippen LogP) is 6.61. The molecular formula is C24H21Cl2NO4. The van der Waals surface area contributed by atoms with E-state index in [1.54, 1.807) is 6.08 Å². The summed E-state index contributed by atoms with van der Waals surface area (Å²) in [6.07, 6.45) is 1.57. The van der Waals surface area contributed by atoms with Crippen LogP contribution in [0.25, 0.3) is 0 Å². The van der Waals surface area contributed by atoms with E-state index in [2.05, 4.69) is 5.16 Å². The fourth-order valence-electron chi connectivity index (χ4n) is 2.60. The summed E-state index contributed by atoms with van der Waals surface area (Å²) in [5.41, 5.74) is 1.65. The lowest BCUT2D eigenvalue weighted by atomic mass is 10.1. The second-order valence-corrected chi connectivity index (χ2v) is 7.23. The standard InChI is InChI=1S/C24H21Cl2NO4/c1-28-27-23(18-5-3-2-4-6-18)17-30-20-9-13-22(14-10-20)31-21-11-7-19(8-12-21)29-16-15-24(25)26/h2-15H,16-17H2,1H3. The first-order valence-electron chi connectivity index (χ1n) is 9.44. The van der Waals surface area contributed by atoms with Gasteiger partial charge in [0, 0.05) is 5.56 Å². The fourth-order valence-corrected chi connectivity index (χ4v) is 2.73. The normalized spacial score (nSPS) is 10.9. The van der Waals surface area contributed by atoms with Crippen LogP contribution in [0.5, 0.6) is 23.0 Å². The Bertz CT molecular complexity index is 1000. The highest BCUT2D eigenvalue weighted by Gasteiger charge is 2.06. The molecule has 0 spiro atoms. The summed E-state index contributed by atoms with van der Waals surface area (Å²) in [5.74, 6) is 2.76. The molecule has 0 unspecified atom stereocenters. The second-order valence-electron chi connectivity index (χ2n) is 6.22. The van der Waals surface area contributed by atoms with E-state index in [1.165, 1.54) is 7.11 Å². The first kappa shape index (κ1) is 22.5. The number of halogens is 2. The molecule has 0 aliphatic rings. The third kappa shape index (κ3) is 7.55. The monoisotopic (exact) mass is 457 g/mol. The number of oxime groups is 1. The average molecular weight is 458 g/mol. The summed E-state index contributed by atoms with van der Waals surface area (Å²) in [6, 6.07) is 24.3. The molecule has 0 fully saturated rings. The lowest BCUT2D eigenvalue weighted by molar-refractivity contribution is 0.210. The van der Waals surface area contributed by atoms with Crippen molar-refractivity contribution in [2.24, 2.45) is 5.16 Å². The molecule has 0 saturated carbocycles. The highest BCUT2D eigenvalue weighted by atomic mass is 35.5. The molecule has 0 bridgehead atoms. The largest absolute Gasteiger partial charge is 0.489 e. The Hall–Kier alpha value is -3.15. The van der Waals surface area contributed by atoms with Crippen molar-refractivity contribution < 1.29 is 19.0 Å². The van der Waals surface area contributed by atoms with Gasteiger partial charge in [-0.15, -0.1) is 0 Å². The van der Waals surface area contributed by atoms with Gasteiger partial charge < -0.3 is 19.0 Å². The molecule has 31 heavy (non-hydrogen) atoms. The number of ether oxygens (including phenoxy) is 3. The second kappa shape index (κ2) is 11.9. The van der Waals surface area contributed by atoms with Crippen molar-refractivity contribution in [1.82, 2.24) is 0 Å². The molecule has 5 nitrogen and oxygen atoms in total. The Labute approximate surface area is 191 Å². The summed E-state index contributed by atoms with van der Waals surface area (Å²) in [5, 5.41) is 4.06. The Morgan fingerprint density at radius 1 is 0.774 bits per heavy atom. The van der Waals surface area contributed by atoms with E-state index >= 15 is 0 Å². The maximum atomic E-state index is 5.86. The van der Waals surface area contributed by atoms with E-state index < -0.39 is 0 Å². The van der Waals surface area contributed by atoms with Crippen molar-refractivity contribution in [2.45, 2.75) is 0 Å². The van der Waals surface area contributed by atoms with Crippen LogP contribution in [0.2, 0.25) is 0 Å². The van der Waals surface area contributed by atoms with Crippen molar-refractivity contribution in [1.29, 1.82) is 0 Å². The Morgan fingerprint density at radius 2 is 1.32 bits per heavy atom. The number of rotatable bonds is 10. The van der Waals surface area contributed by atoms with Gasteiger partial charge in [-0.2, -0.15) is 0 Å². The third-order valence-corrected chi connectivity index (χ3v) is 4.36. The molecule has 0 aliphatic carbocycles. The molecule has 7 heteroatoms. The van der Waals surface area contributed by atoms with Crippen LogP contribution >= 0.6 is 23.2 Å². The Balaban J connectivity index is 1.54. The molecule has 3 aromatic rings. The van der Waals surface area contributed by atoms with E-state index in [0.717, 1.165) is 5.56 Å². The van der Waals surface area contributed by atoms with E-state index in [9.17, 15) is 0 Å². The predicted molar refractivity (Wildman–Crippen MR) is 124 cm³/mol. The minimum Gasteiger partial charge on any atom is -0.489 e. The summed E-state index contributed by atoms with van der Waals surface area (Å²) >= 11 is 11.1. The van der Waals surface area contributed by atoms with Crippen LogP contribution < -0.4 is 14.2 Å². The maximum absolute atomic E-state index is 5.86. The number of hydrogen-bond acceptors (Lipinski definition) is 5. The molecule has 0 radical (unpaired) electrons. The highest BCUT2D eigenvalue weighted by Crippen LogP contribution is 2.26. The third-order valence-electron chi connectivity index (χ3n) is 4.05. The zero-order valence-corrected chi connectivity index (χ0v) is 18.3. The average Bonchev–Trinajstić information content (AvgIpc) is 2.79. The summed E-state index contributed by atoms with van der Waals surface area (Å²) in [4.78, 5) is 4.94. The van der Waals surface area contributed by atoms with E-state index in [-0.39, 0.29) is 11.1 Å². The van der Waals surface area contributed by atoms with Gasteiger partial charge in [-0.25, -0.2) is 0 Å². The smallest absolute Gasteiger partial charge is 0.134 e. The van der Waals surface area contributed by atoms with Gasteiger partial charge >= 0.3 is 0 Å². The van der Waals surface area contributed by atoms with Crippen LogP contribution in [-0.4, -0.2) is 26.0 Å². The zero-order valence-electron chi connectivity index (χ0n) is 16.8. The highest BCUT2D eigenvalue weighted by molar-refractivity contribution is 6.55. The fraction of sp³-hybridized carbons (Fsp3) is 0.125. The molecule has 0 aromatic heterocycles. The van der Waals surface area contributed by atoms with Crippen LogP contribution in [0.15, 0.2) is 94.6 Å². The Kier molecular flexibility index (Phi) is 8.64. The minimum atomic E-state index is 0.176. The molecule has 0 N–H and O–H groups in total. The van der Waals surface area contributed by atoms with E-state index in [0.29, 0.717) is 35.3 Å². The van der Waals surface area contributed by atoms with Crippen LogP contribution in [-0.2, 0) is 4.84 Å². The van der Waals surface area contributed by atoms with Crippen LogP contribution in [0, 0.1) is 0 Å². The van der Waals surface area contributed by atoms with Crippen molar-refractivity contribution >= 4 is 28.9 Å². The van der Waals surface area contributed by atoms with Gasteiger partial charge in [-0.05, 0) is 54.6 Å². The van der Waals surface area contributed by atoms with Crippen LogP contribution in [0.3, 0.4) is 0 Å². The lowest BCUT2D eigenvalue weighted by Crippen LogP contribution is -2.13. The molecule has 0 aliphatic heterocycles.